The van der Waals surface area contributed by atoms with Crippen molar-refractivity contribution in [2.24, 2.45) is 4.99 Å². The Morgan fingerprint density at radius 2 is 1.77 bits per heavy atom. The molecule has 0 saturated heterocycles. The molecule has 2 aliphatic heterocycles. The first-order valence-corrected chi connectivity index (χ1v) is 15.7. The van der Waals surface area contributed by atoms with Gasteiger partial charge in [-0.15, -0.1) is 6.58 Å². The number of nitrogens with one attached hydrogen (secondary N) is 2. The smallest absolute Gasteiger partial charge is 0.326 e. The largest absolute Gasteiger partial charge is 0.330 e. The molecule has 4 heterocycles. The van der Waals surface area contributed by atoms with Gasteiger partial charge in [-0.2, -0.15) is 4.98 Å². The number of benzene rings is 2. The second-order valence-corrected chi connectivity index (χ2v) is 11.9. The summed E-state index contributed by atoms with van der Waals surface area (Å²) in [7, 11) is 3.38. The molecule has 12 nitrogen and oxygen atoms in total. The number of aliphatic imine (C=N–C) groups is 1. The summed E-state index contributed by atoms with van der Waals surface area (Å²) in [5.41, 5.74) is 6.78. The Hall–Kier alpha value is -5.91. The molecule has 4 aromatic rings. The summed E-state index contributed by atoms with van der Waals surface area (Å²) in [6, 6.07) is 15.6. The second kappa shape index (κ2) is 13.4. The zero-order chi connectivity index (χ0) is 33.9. The highest BCUT2D eigenvalue weighted by molar-refractivity contribution is 6.13. The van der Waals surface area contributed by atoms with Crippen LogP contribution in [-0.4, -0.2) is 58.6 Å². The van der Waals surface area contributed by atoms with Crippen molar-refractivity contribution in [2.75, 3.05) is 39.4 Å². The molecule has 0 fully saturated rings. The molecule has 0 bridgehead atoms. The number of hydrogen-bond acceptors (Lipinski definition) is 8. The number of aromatic nitrogens is 3. The molecule has 2 N–H and O–H groups in total. The third-order valence-electron chi connectivity index (χ3n) is 8.42. The lowest BCUT2D eigenvalue weighted by Gasteiger charge is -2.35. The molecule has 0 saturated carbocycles. The number of hydrogen-bond donors (Lipinski definition) is 2. The van der Waals surface area contributed by atoms with Crippen LogP contribution in [0, 0.1) is 13.8 Å². The molecule has 0 unspecified atom stereocenters. The van der Waals surface area contributed by atoms with Gasteiger partial charge in [0.1, 0.15) is 11.9 Å². The van der Waals surface area contributed by atoms with Crippen molar-refractivity contribution >= 4 is 58.1 Å². The lowest BCUT2D eigenvalue weighted by molar-refractivity contribution is -0.123. The second-order valence-electron chi connectivity index (χ2n) is 11.9. The third-order valence-corrected chi connectivity index (χ3v) is 8.42. The molecule has 0 radical (unpaired) electrons. The van der Waals surface area contributed by atoms with Gasteiger partial charge in [-0.25, -0.2) is 9.78 Å². The Bertz CT molecular complexity index is 1940. The number of fused-ring (bicyclic) bond motifs is 2. The zero-order valence-electron chi connectivity index (χ0n) is 27.4. The average Bonchev–Trinajstić information content (AvgIpc) is 3.18. The van der Waals surface area contributed by atoms with Gasteiger partial charge in [-0.3, -0.25) is 29.4 Å². The quantitative estimate of drug-likeness (QED) is 0.216. The van der Waals surface area contributed by atoms with Crippen molar-refractivity contribution in [3.05, 3.63) is 102 Å². The first-order chi connectivity index (χ1) is 23.1. The molecule has 0 spiro atoms. The van der Waals surface area contributed by atoms with Crippen LogP contribution in [0.3, 0.4) is 0 Å². The van der Waals surface area contributed by atoms with Gasteiger partial charge in [0.25, 0.3) is 5.91 Å². The molecule has 2 aromatic heterocycles. The van der Waals surface area contributed by atoms with E-state index in [2.05, 4.69) is 32.2 Å². The van der Waals surface area contributed by atoms with Crippen molar-refractivity contribution in [1.82, 2.24) is 15.0 Å². The summed E-state index contributed by atoms with van der Waals surface area (Å²) in [4.78, 5) is 63.3. The number of pyridine rings is 1. The van der Waals surface area contributed by atoms with Crippen LogP contribution in [0.1, 0.15) is 41.6 Å². The van der Waals surface area contributed by atoms with Crippen LogP contribution < -0.4 is 25.3 Å². The van der Waals surface area contributed by atoms with E-state index in [1.165, 1.54) is 4.90 Å². The number of anilines is 6. The number of allylic oxidation sites excluding steroid dienone is 1. The predicted molar refractivity (Wildman–Crippen MR) is 188 cm³/mol. The van der Waals surface area contributed by atoms with Crippen molar-refractivity contribution in [3.63, 3.8) is 0 Å². The van der Waals surface area contributed by atoms with Crippen LogP contribution in [0.4, 0.5) is 39.3 Å². The number of amides is 4. The maximum Gasteiger partial charge on any atom is 0.330 e. The Balaban J connectivity index is 1.19. The van der Waals surface area contributed by atoms with Crippen molar-refractivity contribution < 1.29 is 14.4 Å². The topological polar surface area (TPSA) is 136 Å². The number of para-hydroxylation sites is 1. The van der Waals surface area contributed by atoms with E-state index in [0.29, 0.717) is 36.0 Å². The lowest BCUT2D eigenvalue weighted by Crippen LogP contribution is -2.46. The highest BCUT2D eigenvalue weighted by Gasteiger charge is 2.33. The van der Waals surface area contributed by atoms with E-state index in [-0.39, 0.29) is 30.8 Å². The normalized spacial score (nSPS) is 15.7. The lowest BCUT2D eigenvalue weighted by atomic mass is 10.0. The molecule has 244 valence electrons. The van der Waals surface area contributed by atoms with Crippen LogP contribution in [0.15, 0.2) is 84.6 Å². The van der Waals surface area contributed by atoms with Crippen LogP contribution in [0.25, 0.3) is 0 Å². The maximum atomic E-state index is 13.7. The first-order valence-electron chi connectivity index (χ1n) is 15.7. The van der Waals surface area contributed by atoms with E-state index in [0.717, 1.165) is 39.5 Å². The SMILES string of the molecule is C=CCCC1=N[C@@H](CC(=O)Nc2ccc(C)c(N3Cc4cnc(Nc5ccc(C)nc5)nc4N(C)C3=O)c2)C(=O)N(C)c2ccccc21. The van der Waals surface area contributed by atoms with Gasteiger partial charge in [0, 0.05) is 48.5 Å². The highest BCUT2D eigenvalue weighted by Crippen LogP contribution is 2.34. The van der Waals surface area contributed by atoms with Gasteiger partial charge in [-0.1, -0.05) is 30.3 Å². The minimum Gasteiger partial charge on any atom is -0.326 e. The Labute approximate surface area is 279 Å². The van der Waals surface area contributed by atoms with Crippen LogP contribution in [-0.2, 0) is 16.1 Å². The van der Waals surface area contributed by atoms with E-state index in [1.54, 1.807) is 48.4 Å². The van der Waals surface area contributed by atoms with Gasteiger partial charge in [0.05, 0.1) is 36.2 Å². The molecular weight excluding hydrogens is 606 g/mol. The van der Waals surface area contributed by atoms with Crippen molar-refractivity contribution in [1.29, 1.82) is 0 Å². The summed E-state index contributed by atoms with van der Waals surface area (Å²) in [5.74, 6) is 0.239. The number of nitrogens with zero attached hydrogens (tertiary/aromatic N) is 7. The molecule has 6 rings (SSSR count). The molecule has 1 atom stereocenters. The van der Waals surface area contributed by atoms with Crippen LogP contribution in [0.5, 0.6) is 0 Å². The van der Waals surface area contributed by atoms with Crippen LogP contribution >= 0.6 is 0 Å². The molecule has 48 heavy (non-hydrogen) atoms. The molecule has 12 heteroatoms. The van der Waals surface area contributed by atoms with Gasteiger partial charge >= 0.3 is 6.03 Å². The minimum absolute atomic E-state index is 0.136. The Morgan fingerprint density at radius 1 is 0.979 bits per heavy atom. The van der Waals surface area contributed by atoms with Gasteiger partial charge in [-0.05, 0) is 62.6 Å². The van der Waals surface area contributed by atoms with Crippen molar-refractivity contribution in [3.8, 4) is 0 Å². The van der Waals surface area contributed by atoms with Gasteiger partial charge in [0.2, 0.25) is 11.9 Å². The molecular formula is C36H37N9O3. The summed E-state index contributed by atoms with van der Waals surface area (Å²) in [6.45, 7) is 7.88. The summed E-state index contributed by atoms with van der Waals surface area (Å²) in [6.07, 6.45) is 6.38. The number of likely N-dealkylation sites (N-methyl/N-ethyl adjacent to an activating group) is 1. The maximum absolute atomic E-state index is 13.7. The van der Waals surface area contributed by atoms with Gasteiger partial charge in [0.15, 0.2) is 0 Å². The Kier molecular flexibility index (Phi) is 8.98. The number of carbonyl (C=O) groups excluding carboxylic acids is 3. The highest BCUT2D eigenvalue weighted by atomic mass is 16.2. The van der Waals surface area contributed by atoms with Crippen molar-refractivity contribution in [2.45, 2.75) is 45.7 Å². The van der Waals surface area contributed by atoms with E-state index in [9.17, 15) is 14.4 Å². The molecule has 2 aliphatic rings. The number of benzodiazepines with no additional fused rings is 1. The first kappa shape index (κ1) is 32.0. The van der Waals surface area contributed by atoms with E-state index in [1.807, 2.05) is 62.4 Å². The van der Waals surface area contributed by atoms with E-state index in [4.69, 9.17) is 4.99 Å². The van der Waals surface area contributed by atoms with Crippen LogP contribution in [0.2, 0.25) is 0 Å². The fourth-order valence-electron chi connectivity index (χ4n) is 5.83. The van der Waals surface area contributed by atoms with Gasteiger partial charge < -0.3 is 15.5 Å². The monoisotopic (exact) mass is 643 g/mol. The minimum atomic E-state index is -0.886. The third kappa shape index (κ3) is 6.50. The van der Waals surface area contributed by atoms with E-state index < -0.39 is 6.04 Å². The summed E-state index contributed by atoms with van der Waals surface area (Å²) < 4.78 is 0. The standard InChI is InChI=1S/C36H37N9O3/c1-6-7-11-28-27-10-8-9-12-30(27)43(4)34(47)29(41-28)18-32(46)39-25-15-13-22(2)31(17-25)45-21-24-19-38-35(42-33(24)44(5)36(45)48)40-26-16-14-23(3)37-20-26/h6,8-10,12-17,19-20,29H,1,7,11,18,21H2,2-5H3,(H,39,46)(H,38,40,42)/t29-/m0/s1. The average molecular weight is 644 g/mol. The summed E-state index contributed by atoms with van der Waals surface area (Å²) >= 11 is 0. The van der Waals surface area contributed by atoms with E-state index >= 15 is 0 Å². The fraction of sp³-hybridized carbons (Fsp3) is 0.250. The number of urea groups is 1. The molecule has 0 aliphatic carbocycles. The number of carbonyl (C=O) groups is 3. The fourth-order valence-corrected chi connectivity index (χ4v) is 5.83. The Morgan fingerprint density at radius 3 is 2.54 bits per heavy atom. The summed E-state index contributed by atoms with van der Waals surface area (Å²) in [5, 5.41) is 6.06. The predicted octanol–water partition coefficient (Wildman–Crippen LogP) is 5.94. The number of rotatable bonds is 9. The number of aryl methyl sites for hydroxylation is 2. The molecule has 2 aromatic carbocycles. The molecule has 4 amide bonds. The zero-order valence-corrected chi connectivity index (χ0v) is 27.4.